The van der Waals surface area contributed by atoms with Crippen LogP contribution in [0.4, 0.5) is 0 Å². The second-order valence-corrected chi connectivity index (χ2v) is 4.47. The molecule has 1 aromatic rings. The summed E-state index contributed by atoms with van der Waals surface area (Å²) >= 11 is 0. The van der Waals surface area contributed by atoms with Crippen molar-refractivity contribution in [3.8, 4) is 5.75 Å². The average molecular weight is 234 g/mol. The van der Waals surface area contributed by atoms with Crippen LogP contribution in [0.3, 0.4) is 0 Å². The molecule has 17 heavy (non-hydrogen) atoms. The zero-order valence-electron chi connectivity index (χ0n) is 9.30. The lowest BCUT2D eigenvalue weighted by Gasteiger charge is -2.16. The fourth-order valence-corrected chi connectivity index (χ4v) is 2.22. The summed E-state index contributed by atoms with van der Waals surface area (Å²) in [5.74, 6) is -0.588. The van der Waals surface area contributed by atoms with E-state index >= 15 is 0 Å². The number of benzene rings is 1. The van der Waals surface area contributed by atoms with Crippen molar-refractivity contribution in [2.75, 3.05) is 0 Å². The van der Waals surface area contributed by atoms with Crippen LogP contribution in [0.5, 0.6) is 5.75 Å². The van der Waals surface area contributed by atoms with Gasteiger partial charge in [0.1, 0.15) is 12.0 Å². The highest BCUT2D eigenvalue weighted by atomic mass is 16.4. The van der Waals surface area contributed by atoms with E-state index in [4.69, 9.17) is 5.11 Å². The number of hydrogen-bond acceptors (Lipinski definition) is 3. The van der Waals surface area contributed by atoms with E-state index in [2.05, 4.69) is 0 Å². The number of aliphatic carboxylic acids is 1. The molecule has 2 N–H and O–H groups in total. The standard InChI is InChI=1S/C13H14O4/c14-7-9-5-10(15)3-4-11(9)12(6-13(16)17)8-1-2-8/h3-5,7-8,12,15H,1-2,6H2,(H,16,17). The number of phenols is 1. The molecule has 0 spiro atoms. The van der Waals surface area contributed by atoms with Crippen LogP contribution in [-0.4, -0.2) is 22.5 Å². The van der Waals surface area contributed by atoms with Gasteiger partial charge in [-0.1, -0.05) is 6.07 Å². The summed E-state index contributed by atoms with van der Waals surface area (Å²) in [6.07, 6.45) is 2.73. The lowest BCUT2D eigenvalue weighted by molar-refractivity contribution is -0.137. The molecule has 90 valence electrons. The van der Waals surface area contributed by atoms with Crippen LogP contribution in [0.1, 0.15) is 41.1 Å². The SMILES string of the molecule is O=Cc1cc(O)ccc1C(CC(=O)O)C1CC1. The molecule has 1 aliphatic rings. The third kappa shape index (κ3) is 2.64. The lowest BCUT2D eigenvalue weighted by atomic mass is 9.88. The average Bonchev–Trinajstić information content (AvgIpc) is 3.09. The molecule has 0 heterocycles. The quantitative estimate of drug-likeness (QED) is 0.766. The van der Waals surface area contributed by atoms with Crippen LogP contribution in [0.15, 0.2) is 18.2 Å². The zero-order chi connectivity index (χ0) is 12.4. The zero-order valence-corrected chi connectivity index (χ0v) is 9.30. The Kier molecular flexibility index (Phi) is 3.13. The van der Waals surface area contributed by atoms with Crippen LogP contribution in [-0.2, 0) is 4.79 Å². The van der Waals surface area contributed by atoms with Gasteiger partial charge in [-0.25, -0.2) is 0 Å². The van der Waals surface area contributed by atoms with E-state index in [1.807, 2.05) is 0 Å². The van der Waals surface area contributed by atoms with Crippen LogP contribution in [0.25, 0.3) is 0 Å². The van der Waals surface area contributed by atoms with Crippen molar-refractivity contribution in [2.45, 2.75) is 25.2 Å². The highest BCUT2D eigenvalue weighted by Crippen LogP contribution is 2.45. The first-order chi connectivity index (χ1) is 8.11. The summed E-state index contributed by atoms with van der Waals surface area (Å²) in [6.45, 7) is 0. The Bertz CT molecular complexity index is 449. The summed E-state index contributed by atoms with van der Waals surface area (Å²) in [6, 6.07) is 4.55. The second-order valence-electron chi connectivity index (χ2n) is 4.47. The number of phenolic OH excluding ortho intramolecular Hbond substituents is 1. The monoisotopic (exact) mass is 234 g/mol. The molecular weight excluding hydrogens is 220 g/mol. The Morgan fingerprint density at radius 1 is 1.47 bits per heavy atom. The summed E-state index contributed by atoms with van der Waals surface area (Å²) < 4.78 is 0. The minimum Gasteiger partial charge on any atom is -0.508 e. The molecule has 1 fully saturated rings. The van der Waals surface area contributed by atoms with Crippen LogP contribution in [0.2, 0.25) is 0 Å². The van der Waals surface area contributed by atoms with E-state index in [1.54, 1.807) is 6.07 Å². The van der Waals surface area contributed by atoms with E-state index in [0.29, 0.717) is 17.8 Å². The number of carboxylic acid groups (broad SMARTS) is 1. The third-order valence-corrected chi connectivity index (χ3v) is 3.18. The van der Waals surface area contributed by atoms with Crippen molar-refractivity contribution >= 4 is 12.3 Å². The molecule has 1 unspecified atom stereocenters. The number of aldehydes is 1. The van der Waals surface area contributed by atoms with Gasteiger partial charge in [-0.15, -0.1) is 0 Å². The van der Waals surface area contributed by atoms with Crippen molar-refractivity contribution in [3.63, 3.8) is 0 Å². The maximum absolute atomic E-state index is 11.0. The largest absolute Gasteiger partial charge is 0.508 e. The molecule has 4 heteroatoms. The van der Waals surface area contributed by atoms with Gasteiger partial charge in [0.05, 0.1) is 6.42 Å². The Morgan fingerprint density at radius 3 is 2.71 bits per heavy atom. The molecule has 1 atom stereocenters. The van der Waals surface area contributed by atoms with E-state index < -0.39 is 5.97 Å². The number of carbonyl (C=O) groups is 2. The van der Waals surface area contributed by atoms with Crippen molar-refractivity contribution in [1.82, 2.24) is 0 Å². The summed E-state index contributed by atoms with van der Waals surface area (Å²) in [4.78, 5) is 21.8. The van der Waals surface area contributed by atoms with E-state index in [9.17, 15) is 14.7 Å². The fourth-order valence-electron chi connectivity index (χ4n) is 2.22. The molecule has 1 saturated carbocycles. The van der Waals surface area contributed by atoms with Gasteiger partial charge in [-0.3, -0.25) is 9.59 Å². The van der Waals surface area contributed by atoms with Gasteiger partial charge in [0, 0.05) is 5.56 Å². The topological polar surface area (TPSA) is 74.6 Å². The van der Waals surface area contributed by atoms with Crippen molar-refractivity contribution < 1.29 is 19.8 Å². The Labute approximate surface area is 98.9 Å². The van der Waals surface area contributed by atoms with Gasteiger partial charge in [-0.05, 0) is 42.4 Å². The number of carbonyl (C=O) groups excluding carboxylic acids is 1. The summed E-state index contributed by atoms with van der Waals surface area (Å²) in [5, 5.41) is 18.2. The third-order valence-electron chi connectivity index (χ3n) is 3.18. The van der Waals surface area contributed by atoms with Gasteiger partial charge in [0.15, 0.2) is 0 Å². The number of rotatable bonds is 5. The first-order valence-corrected chi connectivity index (χ1v) is 5.61. The Hall–Kier alpha value is -1.84. The predicted molar refractivity (Wildman–Crippen MR) is 61.2 cm³/mol. The van der Waals surface area contributed by atoms with E-state index in [-0.39, 0.29) is 18.1 Å². The lowest BCUT2D eigenvalue weighted by Crippen LogP contribution is -2.10. The van der Waals surface area contributed by atoms with Crippen LogP contribution < -0.4 is 0 Å². The van der Waals surface area contributed by atoms with Gasteiger partial charge in [0.2, 0.25) is 0 Å². The molecule has 0 radical (unpaired) electrons. The van der Waals surface area contributed by atoms with Crippen LogP contribution >= 0.6 is 0 Å². The molecule has 0 aromatic heterocycles. The van der Waals surface area contributed by atoms with Gasteiger partial charge in [0.25, 0.3) is 0 Å². The summed E-state index contributed by atoms with van der Waals surface area (Å²) in [7, 11) is 0. The van der Waals surface area contributed by atoms with Crippen molar-refractivity contribution in [1.29, 1.82) is 0 Å². The molecule has 0 bridgehead atoms. The van der Waals surface area contributed by atoms with E-state index in [0.717, 1.165) is 18.4 Å². The highest BCUT2D eigenvalue weighted by Gasteiger charge is 2.34. The van der Waals surface area contributed by atoms with Crippen LogP contribution in [0, 0.1) is 5.92 Å². The Morgan fingerprint density at radius 2 is 2.18 bits per heavy atom. The number of hydrogen-bond donors (Lipinski definition) is 2. The molecule has 1 aliphatic carbocycles. The minimum absolute atomic E-state index is 0.0284. The maximum atomic E-state index is 11.0. The molecular formula is C13H14O4. The second kappa shape index (κ2) is 4.57. The Balaban J connectivity index is 2.34. The van der Waals surface area contributed by atoms with Crippen molar-refractivity contribution in [2.24, 2.45) is 5.92 Å². The molecule has 2 rings (SSSR count). The van der Waals surface area contributed by atoms with Gasteiger partial charge in [-0.2, -0.15) is 0 Å². The van der Waals surface area contributed by atoms with Gasteiger partial charge < -0.3 is 10.2 Å². The first-order valence-electron chi connectivity index (χ1n) is 5.61. The maximum Gasteiger partial charge on any atom is 0.303 e. The minimum atomic E-state index is -0.855. The molecule has 0 aliphatic heterocycles. The summed E-state index contributed by atoms with van der Waals surface area (Å²) in [5.41, 5.74) is 1.13. The molecule has 4 nitrogen and oxygen atoms in total. The normalized spacial score (nSPS) is 16.5. The van der Waals surface area contributed by atoms with Gasteiger partial charge >= 0.3 is 5.97 Å². The number of aromatic hydroxyl groups is 1. The number of carboxylic acids is 1. The highest BCUT2D eigenvalue weighted by molar-refractivity contribution is 5.79. The molecule has 1 aromatic carbocycles. The predicted octanol–water partition coefficient (Wildman–Crippen LogP) is 2.17. The molecule has 0 amide bonds. The first kappa shape index (κ1) is 11.6. The van der Waals surface area contributed by atoms with E-state index in [1.165, 1.54) is 12.1 Å². The fraction of sp³-hybridized carbons (Fsp3) is 0.385. The smallest absolute Gasteiger partial charge is 0.303 e. The van der Waals surface area contributed by atoms with Crippen molar-refractivity contribution in [3.05, 3.63) is 29.3 Å². The molecule has 0 saturated heterocycles.